The highest BCUT2D eigenvalue weighted by atomic mass is 35.5. The van der Waals surface area contributed by atoms with Crippen molar-refractivity contribution in [3.8, 4) is 0 Å². The van der Waals surface area contributed by atoms with Crippen molar-refractivity contribution in [1.82, 2.24) is 10.3 Å². The fourth-order valence-corrected chi connectivity index (χ4v) is 1.42. The maximum atomic E-state index is 6.04. The highest BCUT2D eigenvalue weighted by Gasteiger charge is 2.08. The molecule has 0 atom stereocenters. The predicted octanol–water partition coefficient (Wildman–Crippen LogP) is 2.30. The molecule has 1 heterocycles. The van der Waals surface area contributed by atoms with Gasteiger partial charge >= 0.3 is 0 Å². The molecule has 1 aromatic heterocycles. The maximum absolute atomic E-state index is 6.04. The molecule has 0 fully saturated rings. The number of nitrogens with zero attached hydrogens (tertiary/aromatic N) is 2. The Hall–Kier alpha value is -0.800. The summed E-state index contributed by atoms with van der Waals surface area (Å²) in [5.41, 5.74) is 1.08. The van der Waals surface area contributed by atoms with Crippen LogP contribution >= 0.6 is 11.6 Å². The molecule has 0 aliphatic carbocycles. The Morgan fingerprint density at radius 2 is 2.20 bits per heavy atom. The summed E-state index contributed by atoms with van der Waals surface area (Å²) in [6.07, 6.45) is 1.71. The van der Waals surface area contributed by atoms with E-state index < -0.39 is 0 Å². The van der Waals surface area contributed by atoms with Crippen molar-refractivity contribution in [2.75, 3.05) is 19.0 Å². The second-order valence-electron chi connectivity index (χ2n) is 3.87. The third-order valence-corrected chi connectivity index (χ3v) is 2.76. The molecule has 0 unspecified atom stereocenters. The number of hydrogen-bond donors (Lipinski definition) is 1. The Morgan fingerprint density at radius 3 is 2.73 bits per heavy atom. The van der Waals surface area contributed by atoms with Gasteiger partial charge in [-0.25, -0.2) is 4.98 Å². The Morgan fingerprint density at radius 1 is 1.53 bits per heavy atom. The highest BCUT2D eigenvalue weighted by Crippen LogP contribution is 2.20. The van der Waals surface area contributed by atoms with Crippen LogP contribution in [0.3, 0.4) is 0 Å². The van der Waals surface area contributed by atoms with Crippen LogP contribution in [0.2, 0.25) is 5.02 Å². The van der Waals surface area contributed by atoms with E-state index in [1.807, 2.05) is 20.2 Å². The summed E-state index contributed by atoms with van der Waals surface area (Å²) in [5.74, 6) is 0.958. The standard InChI is InChI=1S/C11H18ClN3/c1-8(2)15(4)11-5-9(6-13-3)10(12)7-14-11/h5,7-8,13H,6H2,1-4H3. The summed E-state index contributed by atoms with van der Waals surface area (Å²) in [7, 11) is 3.94. The van der Waals surface area contributed by atoms with Gasteiger partial charge in [-0.2, -0.15) is 0 Å². The van der Waals surface area contributed by atoms with Gasteiger partial charge in [0, 0.05) is 25.8 Å². The SMILES string of the molecule is CNCc1cc(N(C)C(C)C)ncc1Cl. The smallest absolute Gasteiger partial charge is 0.128 e. The molecule has 0 aromatic carbocycles. The number of aromatic nitrogens is 1. The van der Waals surface area contributed by atoms with Gasteiger partial charge in [-0.3, -0.25) is 0 Å². The monoisotopic (exact) mass is 227 g/mol. The Balaban J connectivity index is 2.96. The molecule has 0 bridgehead atoms. The predicted molar refractivity (Wildman–Crippen MR) is 65.5 cm³/mol. The molecule has 1 aromatic rings. The number of rotatable bonds is 4. The summed E-state index contributed by atoms with van der Waals surface area (Å²) in [6, 6.07) is 2.46. The Labute approximate surface area is 96.5 Å². The largest absolute Gasteiger partial charge is 0.357 e. The van der Waals surface area contributed by atoms with Crippen LogP contribution in [-0.2, 0) is 6.54 Å². The number of pyridine rings is 1. The lowest BCUT2D eigenvalue weighted by Crippen LogP contribution is -2.26. The van der Waals surface area contributed by atoms with Gasteiger partial charge in [-0.1, -0.05) is 11.6 Å². The molecule has 0 radical (unpaired) electrons. The van der Waals surface area contributed by atoms with Crippen molar-refractivity contribution in [1.29, 1.82) is 0 Å². The molecule has 1 N–H and O–H groups in total. The molecule has 0 spiro atoms. The first-order valence-corrected chi connectivity index (χ1v) is 5.46. The van der Waals surface area contributed by atoms with Gasteiger partial charge < -0.3 is 10.2 Å². The Bertz CT molecular complexity index is 326. The van der Waals surface area contributed by atoms with Crippen LogP contribution in [0.25, 0.3) is 0 Å². The zero-order valence-corrected chi connectivity index (χ0v) is 10.5. The van der Waals surface area contributed by atoms with Crippen LogP contribution in [0.5, 0.6) is 0 Å². The molecule has 0 aliphatic heterocycles. The van der Waals surface area contributed by atoms with Crippen LogP contribution in [0, 0.1) is 0 Å². The summed E-state index contributed by atoms with van der Waals surface area (Å²) < 4.78 is 0. The lowest BCUT2D eigenvalue weighted by Gasteiger charge is -2.23. The molecule has 84 valence electrons. The van der Waals surface area contributed by atoms with Crippen molar-refractivity contribution in [2.24, 2.45) is 0 Å². The third kappa shape index (κ3) is 3.08. The maximum Gasteiger partial charge on any atom is 0.128 e. The van der Waals surface area contributed by atoms with E-state index in [2.05, 4.69) is 29.0 Å². The van der Waals surface area contributed by atoms with E-state index >= 15 is 0 Å². The summed E-state index contributed by atoms with van der Waals surface area (Å²) in [5, 5.41) is 3.80. The molecule has 4 heteroatoms. The normalized spacial score (nSPS) is 10.8. The van der Waals surface area contributed by atoms with Crippen LogP contribution < -0.4 is 10.2 Å². The minimum absolute atomic E-state index is 0.432. The highest BCUT2D eigenvalue weighted by molar-refractivity contribution is 6.31. The first-order chi connectivity index (χ1) is 7.06. The van der Waals surface area contributed by atoms with Crippen molar-refractivity contribution in [3.63, 3.8) is 0 Å². The van der Waals surface area contributed by atoms with Crippen LogP contribution in [0.1, 0.15) is 19.4 Å². The number of nitrogens with one attached hydrogen (secondary N) is 1. The average molecular weight is 228 g/mol. The van der Waals surface area contributed by atoms with Gasteiger partial charge in [0.15, 0.2) is 0 Å². The molecule has 15 heavy (non-hydrogen) atoms. The summed E-state index contributed by atoms with van der Waals surface area (Å²) in [6.45, 7) is 5.03. The van der Waals surface area contributed by atoms with E-state index in [-0.39, 0.29) is 0 Å². The number of anilines is 1. The van der Waals surface area contributed by atoms with E-state index in [0.717, 1.165) is 17.9 Å². The average Bonchev–Trinajstić information content (AvgIpc) is 2.20. The van der Waals surface area contributed by atoms with Gasteiger partial charge in [-0.15, -0.1) is 0 Å². The zero-order chi connectivity index (χ0) is 11.4. The van der Waals surface area contributed by atoms with Gasteiger partial charge in [-0.05, 0) is 32.5 Å². The minimum atomic E-state index is 0.432. The quantitative estimate of drug-likeness (QED) is 0.856. The van der Waals surface area contributed by atoms with Gasteiger partial charge in [0.1, 0.15) is 5.82 Å². The van der Waals surface area contributed by atoms with Gasteiger partial charge in [0.2, 0.25) is 0 Å². The van der Waals surface area contributed by atoms with Crippen molar-refractivity contribution < 1.29 is 0 Å². The van der Waals surface area contributed by atoms with Crippen LogP contribution in [-0.4, -0.2) is 25.1 Å². The molecule has 1 rings (SSSR count). The fourth-order valence-electron chi connectivity index (χ4n) is 1.25. The van der Waals surface area contributed by atoms with E-state index in [0.29, 0.717) is 11.1 Å². The van der Waals surface area contributed by atoms with Crippen molar-refractivity contribution in [2.45, 2.75) is 26.4 Å². The summed E-state index contributed by atoms with van der Waals surface area (Å²) >= 11 is 6.04. The third-order valence-electron chi connectivity index (χ3n) is 2.42. The van der Waals surface area contributed by atoms with Gasteiger partial charge in [0.25, 0.3) is 0 Å². The van der Waals surface area contributed by atoms with Crippen molar-refractivity contribution >= 4 is 17.4 Å². The second kappa shape index (κ2) is 5.33. The number of halogens is 1. The lowest BCUT2D eigenvalue weighted by atomic mass is 10.2. The van der Waals surface area contributed by atoms with Gasteiger partial charge in [0.05, 0.1) is 5.02 Å². The molecular formula is C11H18ClN3. The topological polar surface area (TPSA) is 28.2 Å². The molecular weight excluding hydrogens is 210 g/mol. The fraction of sp³-hybridized carbons (Fsp3) is 0.545. The minimum Gasteiger partial charge on any atom is -0.357 e. The van der Waals surface area contributed by atoms with Crippen molar-refractivity contribution in [3.05, 3.63) is 22.8 Å². The number of hydrogen-bond acceptors (Lipinski definition) is 3. The molecule has 0 aliphatic rings. The summed E-state index contributed by atoms with van der Waals surface area (Å²) in [4.78, 5) is 6.43. The second-order valence-corrected chi connectivity index (χ2v) is 4.28. The first kappa shape index (κ1) is 12.3. The Kier molecular flexibility index (Phi) is 4.36. The molecule has 0 saturated carbocycles. The van der Waals surface area contributed by atoms with Crippen LogP contribution in [0.15, 0.2) is 12.3 Å². The van der Waals surface area contributed by atoms with E-state index in [1.165, 1.54) is 0 Å². The van der Waals surface area contributed by atoms with E-state index in [9.17, 15) is 0 Å². The molecule has 0 saturated heterocycles. The molecule has 3 nitrogen and oxygen atoms in total. The lowest BCUT2D eigenvalue weighted by molar-refractivity contribution is 0.740. The van der Waals surface area contributed by atoms with E-state index in [4.69, 9.17) is 11.6 Å². The molecule has 0 amide bonds. The first-order valence-electron chi connectivity index (χ1n) is 5.08. The zero-order valence-electron chi connectivity index (χ0n) is 9.71. The van der Waals surface area contributed by atoms with Crippen LogP contribution in [0.4, 0.5) is 5.82 Å². The van der Waals surface area contributed by atoms with E-state index in [1.54, 1.807) is 6.20 Å².